The van der Waals surface area contributed by atoms with Gasteiger partial charge in [0.05, 0.1) is 5.52 Å². The number of aromatic nitrogens is 1. The van der Waals surface area contributed by atoms with E-state index in [1.54, 1.807) is 6.20 Å². The highest BCUT2D eigenvalue weighted by Gasteiger charge is 2.39. The largest absolute Gasteiger partial charge is 0.367 e. The molecule has 2 fully saturated rings. The lowest BCUT2D eigenvalue weighted by Gasteiger charge is -2.39. The van der Waals surface area contributed by atoms with Crippen LogP contribution in [0.2, 0.25) is 5.02 Å². The minimum absolute atomic E-state index is 0.0384. The Hall–Kier alpha value is -1.95. The second kappa shape index (κ2) is 7.23. The number of hydrogen-bond acceptors (Lipinski definition) is 3. The molecule has 1 amide bonds. The summed E-state index contributed by atoms with van der Waals surface area (Å²) in [6.07, 6.45) is 2.02. The Bertz CT molecular complexity index is 842. The van der Waals surface area contributed by atoms with E-state index >= 15 is 0 Å². The van der Waals surface area contributed by atoms with Crippen LogP contribution >= 0.6 is 11.6 Å². The van der Waals surface area contributed by atoms with E-state index in [1.807, 2.05) is 29.2 Å². The van der Waals surface area contributed by atoms with E-state index in [1.165, 1.54) is 0 Å². The maximum atomic E-state index is 13.3. The van der Waals surface area contributed by atoms with Crippen LogP contribution in [-0.2, 0) is 4.79 Å². The molecule has 7 heteroatoms. The van der Waals surface area contributed by atoms with Crippen LogP contribution in [0.15, 0.2) is 30.5 Å². The maximum absolute atomic E-state index is 13.3. The summed E-state index contributed by atoms with van der Waals surface area (Å²) in [7, 11) is 0. The average Bonchev–Trinajstić information content (AvgIpc) is 2.67. The van der Waals surface area contributed by atoms with Gasteiger partial charge in [-0.2, -0.15) is 0 Å². The van der Waals surface area contributed by atoms with E-state index in [0.29, 0.717) is 31.0 Å². The number of carbonyl (C=O) groups is 1. The highest BCUT2D eigenvalue weighted by atomic mass is 35.5. The van der Waals surface area contributed by atoms with Gasteiger partial charge in [-0.3, -0.25) is 9.78 Å². The number of piperazine rings is 1. The minimum Gasteiger partial charge on any atom is -0.367 e. The molecule has 0 unspecified atom stereocenters. The van der Waals surface area contributed by atoms with Crippen LogP contribution in [-0.4, -0.2) is 47.9 Å². The summed E-state index contributed by atoms with van der Waals surface area (Å²) >= 11 is 6.06. The molecule has 2 aromatic rings. The molecule has 1 aliphatic heterocycles. The van der Waals surface area contributed by atoms with Gasteiger partial charge < -0.3 is 9.80 Å². The Morgan fingerprint density at radius 2 is 1.81 bits per heavy atom. The molecule has 0 N–H and O–H groups in total. The van der Waals surface area contributed by atoms with Crippen molar-refractivity contribution in [1.29, 1.82) is 0 Å². The quantitative estimate of drug-likeness (QED) is 0.760. The zero-order valence-corrected chi connectivity index (χ0v) is 15.8. The highest BCUT2D eigenvalue weighted by molar-refractivity contribution is 6.31. The standard InChI is InChI=1S/C20H22ClF2N3O/c21-15-1-2-16-17(13-15)24-8-5-18(16)25-9-11-26(12-10-25)19(27)14-3-6-20(22,23)7-4-14/h1-2,5,8,13-14H,3-4,6-7,9-12H2. The molecule has 0 spiro atoms. The summed E-state index contributed by atoms with van der Waals surface area (Å²) in [6, 6.07) is 7.66. The van der Waals surface area contributed by atoms with Crippen molar-refractivity contribution in [3.63, 3.8) is 0 Å². The molecule has 1 saturated carbocycles. The summed E-state index contributed by atoms with van der Waals surface area (Å²) in [5.41, 5.74) is 1.93. The van der Waals surface area contributed by atoms with Gasteiger partial charge in [-0.25, -0.2) is 8.78 Å². The number of anilines is 1. The number of alkyl halides is 2. The van der Waals surface area contributed by atoms with Crippen LogP contribution in [0.1, 0.15) is 25.7 Å². The molecule has 0 atom stereocenters. The Morgan fingerprint density at radius 1 is 1.11 bits per heavy atom. The van der Waals surface area contributed by atoms with Crippen molar-refractivity contribution in [2.45, 2.75) is 31.6 Å². The lowest BCUT2D eigenvalue weighted by Crippen LogP contribution is -2.51. The highest BCUT2D eigenvalue weighted by Crippen LogP contribution is 2.37. The van der Waals surface area contributed by atoms with Gasteiger partial charge in [0.1, 0.15) is 0 Å². The smallest absolute Gasteiger partial charge is 0.248 e. The normalized spacial score (nSPS) is 20.9. The van der Waals surface area contributed by atoms with E-state index in [0.717, 1.165) is 29.7 Å². The number of fused-ring (bicyclic) bond motifs is 1. The van der Waals surface area contributed by atoms with Gasteiger partial charge in [-0.1, -0.05) is 11.6 Å². The average molecular weight is 394 g/mol. The molecule has 144 valence electrons. The molecule has 0 radical (unpaired) electrons. The van der Waals surface area contributed by atoms with Crippen molar-refractivity contribution < 1.29 is 13.6 Å². The minimum atomic E-state index is -2.60. The fraction of sp³-hybridized carbons (Fsp3) is 0.500. The molecule has 0 bridgehead atoms. The number of rotatable bonds is 2. The van der Waals surface area contributed by atoms with Gasteiger partial charge >= 0.3 is 0 Å². The van der Waals surface area contributed by atoms with Gasteiger partial charge in [0.25, 0.3) is 0 Å². The summed E-state index contributed by atoms with van der Waals surface area (Å²) in [5, 5.41) is 1.69. The van der Waals surface area contributed by atoms with Crippen LogP contribution in [0.3, 0.4) is 0 Å². The van der Waals surface area contributed by atoms with Crippen molar-refractivity contribution in [3.05, 3.63) is 35.5 Å². The lowest BCUT2D eigenvalue weighted by atomic mass is 9.86. The maximum Gasteiger partial charge on any atom is 0.248 e. The number of hydrogen-bond donors (Lipinski definition) is 0. The number of amides is 1. The van der Waals surface area contributed by atoms with E-state index in [9.17, 15) is 13.6 Å². The predicted octanol–water partition coefficient (Wildman–Crippen LogP) is 4.36. The molecular weight excluding hydrogens is 372 g/mol. The second-order valence-electron chi connectivity index (χ2n) is 7.43. The van der Waals surface area contributed by atoms with Crippen molar-refractivity contribution in [3.8, 4) is 0 Å². The number of halogens is 3. The van der Waals surface area contributed by atoms with Crippen LogP contribution < -0.4 is 4.90 Å². The first kappa shape index (κ1) is 18.4. The molecule has 4 rings (SSSR count). The SMILES string of the molecule is O=C(C1CCC(F)(F)CC1)N1CCN(c2ccnc3cc(Cl)ccc23)CC1. The van der Waals surface area contributed by atoms with Crippen LogP contribution in [0.25, 0.3) is 10.9 Å². The molecule has 2 heterocycles. The van der Waals surface area contributed by atoms with Gasteiger partial charge in [0.2, 0.25) is 11.8 Å². The third kappa shape index (κ3) is 3.86. The van der Waals surface area contributed by atoms with Gasteiger partial charge in [-0.15, -0.1) is 0 Å². The van der Waals surface area contributed by atoms with Gasteiger partial charge in [0, 0.05) is 67.2 Å². The first-order chi connectivity index (χ1) is 12.9. The van der Waals surface area contributed by atoms with E-state index in [4.69, 9.17) is 11.6 Å². The van der Waals surface area contributed by atoms with E-state index in [-0.39, 0.29) is 24.7 Å². The van der Waals surface area contributed by atoms with Crippen molar-refractivity contribution in [2.24, 2.45) is 5.92 Å². The molecule has 1 aromatic carbocycles. The Morgan fingerprint density at radius 3 is 2.52 bits per heavy atom. The topological polar surface area (TPSA) is 36.4 Å². The third-order valence-electron chi connectivity index (χ3n) is 5.68. The van der Waals surface area contributed by atoms with E-state index in [2.05, 4.69) is 9.88 Å². The first-order valence-corrected chi connectivity index (χ1v) is 9.77. The number of nitrogens with zero attached hydrogens (tertiary/aromatic N) is 3. The summed E-state index contributed by atoms with van der Waals surface area (Å²) in [6.45, 7) is 2.67. The summed E-state index contributed by atoms with van der Waals surface area (Å²) in [4.78, 5) is 21.2. The van der Waals surface area contributed by atoms with Crippen LogP contribution in [0.4, 0.5) is 14.5 Å². The lowest BCUT2D eigenvalue weighted by molar-refractivity contribution is -0.140. The molecule has 2 aliphatic rings. The number of pyridine rings is 1. The zero-order valence-electron chi connectivity index (χ0n) is 15.0. The van der Waals surface area contributed by atoms with Crippen LogP contribution in [0, 0.1) is 5.92 Å². The fourth-order valence-corrected chi connectivity index (χ4v) is 4.26. The second-order valence-corrected chi connectivity index (χ2v) is 7.87. The van der Waals surface area contributed by atoms with Crippen molar-refractivity contribution >= 4 is 34.1 Å². The Balaban J connectivity index is 1.42. The zero-order chi connectivity index (χ0) is 19.0. The number of benzene rings is 1. The summed E-state index contributed by atoms with van der Waals surface area (Å²) < 4.78 is 26.7. The summed E-state index contributed by atoms with van der Waals surface area (Å²) in [5.74, 6) is -2.81. The monoisotopic (exact) mass is 393 g/mol. The van der Waals surface area contributed by atoms with Gasteiger partial charge in [0.15, 0.2) is 0 Å². The third-order valence-corrected chi connectivity index (χ3v) is 5.92. The first-order valence-electron chi connectivity index (χ1n) is 9.39. The molecular formula is C20H22ClF2N3O. The number of carbonyl (C=O) groups excluding carboxylic acids is 1. The van der Waals surface area contributed by atoms with Crippen molar-refractivity contribution in [1.82, 2.24) is 9.88 Å². The molecule has 1 aliphatic carbocycles. The van der Waals surface area contributed by atoms with E-state index < -0.39 is 5.92 Å². The van der Waals surface area contributed by atoms with Crippen molar-refractivity contribution in [2.75, 3.05) is 31.1 Å². The Kier molecular flexibility index (Phi) is 4.93. The van der Waals surface area contributed by atoms with Crippen LogP contribution in [0.5, 0.6) is 0 Å². The molecule has 27 heavy (non-hydrogen) atoms. The molecule has 1 aromatic heterocycles. The fourth-order valence-electron chi connectivity index (χ4n) is 4.09. The van der Waals surface area contributed by atoms with Gasteiger partial charge in [-0.05, 0) is 37.1 Å². The molecule has 4 nitrogen and oxygen atoms in total. The molecule has 1 saturated heterocycles. The Labute approximate surface area is 162 Å². The predicted molar refractivity (Wildman–Crippen MR) is 102 cm³/mol.